The van der Waals surface area contributed by atoms with Crippen molar-refractivity contribution < 1.29 is 56.8 Å². The fraction of sp³-hybridized carbons (Fsp3) is 0.787. The fourth-order valence-corrected chi connectivity index (χ4v) is 7.49. The van der Waals surface area contributed by atoms with Gasteiger partial charge in [0.1, 0.15) is 36.8 Å². The summed E-state index contributed by atoms with van der Waals surface area (Å²) < 4.78 is 54.1. The molecule has 348 valence electrons. The number of unbranched alkanes of at least 4 members (excludes halogenated alkanes) is 18. The van der Waals surface area contributed by atoms with Crippen molar-refractivity contribution in [3.05, 3.63) is 48.6 Å². The molecular weight excluding hydrogens is 789 g/mol. The number of esters is 2. The molecule has 1 fully saturated rings. The van der Waals surface area contributed by atoms with Crippen LogP contribution in [0.25, 0.3) is 0 Å². The van der Waals surface area contributed by atoms with E-state index in [4.69, 9.17) is 18.9 Å². The number of hydrogen-bond acceptors (Lipinski definition) is 11. The van der Waals surface area contributed by atoms with Gasteiger partial charge in [-0.25, -0.2) is 0 Å². The van der Waals surface area contributed by atoms with E-state index in [-0.39, 0.29) is 19.4 Å². The van der Waals surface area contributed by atoms with E-state index in [2.05, 4.69) is 62.5 Å². The first-order chi connectivity index (χ1) is 29.0. The lowest BCUT2D eigenvalue weighted by atomic mass is 10.00. The predicted molar refractivity (Wildman–Crippen MR) is 238 cm³/mol. The number of allylic oxidation sites excluding steroid dienone is 8. The summed E-state index contributed by atoms with van der Waals surface area (Å²) in [7, 11) is -4.61. The Balaban J connectivity index is 2.44. The first-order valence-electron chi connectivity index (χ1n) is 23.2. The molecule has 60 heavy (non-hydrogen) atoms. The van der Waals surface area contributed by atoms with Crippen LogP contribution in [0.2, 0.25) is 0 Å². The zero-order valence-electron chi connectivity index (χ0n) is 37.1. The number of rotatable bonds is 38. The Morgan fingerprint density at radius 2 is 1.05 bits per heavy atom. The van der Waals surface area contributed by atoms with Crippen LogP contribution in [0.4, 0.5) is 0 Å². The monoisotopic (exact) mass is 871 g/mol. The minimum atomic E-state index is -4.61. The van der Waals surface area contributed by atoms with Crippen molar-refractivity contribution in [2.45, 2.75) is 218 Å². The topological polar surface area (TPSA) is 186 Å². The van der Waals surface area contributed by atoms with Crippen molar-refractivity contribution >= 4 is 22.1 Å². The maximum atomic E-state index is 12.8. The highest BCUT2D eigenvalue weighted by Crippen LogP contribution is 2.24. The molecule has 0 bridgehead atoms. The zero-order chi connectivity index (χ0) is 44.1. The third kappa shape index (κ3) is 31.5. The zero-order valence-corrected chi connectivity index (χ0v) is 37.9. The van der Waals surface area contributed by atoms with Gasteiger partial charge in [0.2, 0.25) is 0 Å². The molecule has 1 aliphatic rings. The Morgan fingerprint density at radius 1 is 0.583 bits per heavy atom. The molecule has 0 aliphatic carbocycles. The van der Waals surface area contributed by atoms with E-state index in [1.807, 2.05) is 0 Å². The highest BCUT2D eigenvalue weighted by molar-refractivity contribution is 7.85. The van der Waals surface area contributed by atoms with E-state index in [0.29, 0.717) is 12.8 Å². The summed E-state index contributed by atoms with van der Waals surface area (Å²) in [6.07, 6.45) is 34.4. The van der Waals surface area contributed by atoms with Crippen LogP contribution in [0.15, 0.2) is 48.6 Å². The van der Waals surface area contributed by atoms with Gasteiger partial charge in [0, 0.05) is 12.8 Å². The molecule has 13 heteroatoms. The lowest BCUT2D eigenvalue weighted by Gasteiger charge is -2.40. The number of aliphatic hydroxyl groups is 3. The van der Waals surface area contributed by atoms with Crippen LogP contribution < -0.4 is 0 Å². The van der Waals surface area contributed by atoms with E-state index in [9.17, 15) is 37.9 Å². The van der Waals surface area contributed by atoms with Gasteiger partial charge in [-0.05, 0) is 70.6 Å². The first kappa shape index (κ1) is 55.6. The molecule has 1 saturated heterocycles. The van der Waals surface area contributed by atoms with Gasteiger partial charge in [0.05, 0.1) is 6.61 Å². The van der Waals surface area contributed by atoms with E-state index in [0.717, 1.165) is 77.0 Å². The van der Waals surface area contributed by atoms with Crippen LogP contribution in [0, 0.1) is 0 Å². The van der Waals surface area contributed by atoms with Crippen molar-refractivity contribution in [2.75, 3.05) is 19.0 Å². The van der Waals surface area contributed by atoms with Crippen molar-refractivity contribution in [1.82, 2.24) is 0 Å². The Bertz CT molecular complexity index is 1300. The van der Waals surface area contributed by atoms with Crippen LogP contribution in [0.5, 0.6) is 0 Å². The minimum absolute atomic E-state index is 0.143. The second kappa shape index (κ2) is 37.2. The van der Waals surface area contributed by atoms with Gasteiger partial charge < -0.3 is 34.3 Å². The van der Waals surface area contributed by atoms with Gasteiger partial charge in [-0.1, -0.05) is 146 Å². The van der Waals surface area contributed by atoms with Gasteiger partial charge in [0.15, 0.2) is 12.4 Å². The molecule has 4 N–H and O–H groups in total. The third-order valence-corrected chi connectivity index (χ3v) is 11.1. The highest BCUT2D eigenvalue weighted by Gasteiger charge is 2.46. The molecule has 0 amide bonds. The van der Waals surface area contributed by atoms with Crippen molar-refractivity contribution in [1.29, 1.82) is 0 Å². The highest BCUT2D eigenvalue weighted by atomic mass is 32.2. The maximum absolute atomic E-state index is 12.8. The van der Waals surface area contributed by atoms with Gasteiger partial charge in [-0.2, -0.15) is 8.42 Å². The summed E-state index contributed by atoms with van der Waals surface area (Å²) in [6.45, 7) is 3.63. The molecule has 6 unspecified atom stereocenters. The smallest absolute Gasteiger partial charge is 0.306 e. The summed E-state index contributed by atoms with van der Waals surface area (Å²) in [5.74, 6) is -2.01. The molecule has 0 aromatic heterocycles. The van der Waals surface area contributed by atoms with E-state index < -0.39 is 71.2 Å². The van der Waals surface area contributed by atoms with Crippen LogP contribution in [0.1, 0.15) is 181 Å². The lowest BCUT2D eigenvalue weighted by molar-refractivity contribution is -0.297. The number of carbonyl (C=O) groups is 2. The standard InChI is InChI=1S/C47H82O12S/c1-3-5-7-9-11-13-15-17-19-20-22-23-25-27-29-31-33-35-42(48)56-37-40(38-57-47-46(52)45(51)44(50)41(59-47)39-60(53,54)55)58-43(49)36-34-32-30-28-26-24-21-18-16-14-12-10-8-6-4-2/h6,8,12,14,17-19,21,40-41,44-47,50-52H,3-5,7,9-11,13,15-16,20,22-39H2,1-2H3,(H,53,54,55)/b8-6-,14-12-,19-17-,21-18-. The van der Waals surface area contributed by atoms with Gasteiger partial charge in [-0.15, -0.1) is 0 Å². The van der Waals surface area contributed by atoms with Crippen LogP contribution in [-0.4, -0.2) is 96.0 Å². The normalized spacial score (nSPS) is 20.5. The second-order valence-electron chi connectivity index (χ2n) is 16.0. The minimum Gasteiger partial charge on any atom is -0.462 e. The maximum Gasteiger partial charge on any atom is 0.306 e. The molecule has 1 rings (SSSR count). The summed E-state index contributed by atoms with van der Waals surface area (Å²) in [4.78, 5) is 25.4. The summed E-state index contributed by atoms with van der Waals surface area (Å²) in [5.41, 5.74) is 0. The van der Waals surface area contributed by atoms with Gasteiger partial charge >= 0.3 is 11.9 Å². The third-order valence-electron chi connectivity index (χ3n) is 10.4. The van der Waals surface area contributed by atoms with Crippen LogP contribution in [0.3, 0.4) is 0 Å². The van der Waals surface area contributed by atoms with E-state index >= 15 is 0 Å². The largest absolute Gasteiger partial charge is 0.462 e. The average molecular weight is 871 g/mol. The molecule has 0 spiro atoms. The summed E-state index contributed by atoms with van der Waals surface area (Å²) >= 11 is 0. The van der Waals surface area contributed by atoms with Crippen molar-refractivity contribution in [3.63, 3.8) is 0 Å². The molecule has 0 radical (unpaired) electrons. The molecular formula is C47H82O12S. The molecule has 0 saturated carbocycles. The Morgan fingerprint density at radius 3 is 1.58 bits per heavy atom. The first-order valence-corrected chi connectivity index (χ1v) is 24.8. The van der Waals surface area contributed by atoms with Gasteiger partial charge in [-0.3, -0.25) is 14.1 Å². The molecule has 1 aliphatic heterocycles. The van der Waals surface area contributed by atoms with Crippen molar-refractivity contribution in [3.8, 4) is 0 Å². The molecule has 6 atom stereocenters. The SMILES string of the molecule is CC/C=C\C/C=C\C/C=C\CCCCCCCC(=O)OC(COC(=O)CCCCCCCCC/C=C\CCCCCCCC)COC1OC(CS(=O)(=O)O)C(O)C(O)C1O. The number of ether oxygens (including phenoxy) is 4. The summed E-state index contributed by atoms with van der Waals surface area (Å²) in [6, 6.07) is 0. The fourth-order valence-electron chi connectivity index (χ4n) is 6.80. The molecule has 12 nitrogen and oxygen atoms in total. The van der Waals surface area contributed by atoms with Crippen molar-refractivity contribution in [2.24, 2.45) is 0 Å². The Kier molecular flexibility index (Phi) is 34.5. The Hall–Kier alpha value is -2.39. The van der Waals surface area contributed by atoms with Gasteiger partial charge in [0.25, 0.3) is 10.1 Å². The van der Waals surface area contributed by atoms with E-state index in [1.54, 1.807) is 0 Å². The Labute approximate surface area is 363 Å². The molecule has 0 aromatic carbocycles. The lowest BCUT2D eigenvalue weighted by Crippen LogP contribution is -2.60. The quantitative estimate of drug-likeness (QED) is 0.0200. The second-order valence-corrected chi connectivity index (χ2v) is 17.5. The number of carbonyl (C=O) groups excluding carboxylic acids is 2. The summed E-state index contributed by atoms with van der Waals surface area (Å²) in [5, 5.41) is 30.9. The number of aliphatic hydroxyl groups excluding tert-OH is 3. The predicted octanol–water partition coefficient (Wildman–Crippen LogP) is 9.56. The van der Waals surface area contributed by atoms with Crippen LogP contribution in [-0.2, 0) is 38.7 Å². The average Bonchev–Trinajstić information content (AvgIpc) is 3.21. The number of hydrogen-bond donors (Lipinski definition) is 4. The molecule has 1 heterocycles. The van der Waals surface area contributed by atoms with Crippen LogP contribution >= 0.6 is 0 Å². The molecule has 0 aromatic rings. The van der Waals surface area contributed by atoms with E-state index in [1.165, 1.54) is 64.2 Å².